The molecule has 128 valence electrons. The quantitative estimate of drug-likeness (QED) is 0.830. The van der Waals surface area contributed by atoms with Crippen molar-refractivity contribution < 1.29 is 8.42 Å². The van der Waals surface area contributed by atoms with Crippen molar-refractivity contribution in [2.75, 3.05) is 26.2 Å². The minimum absolute atomic E-state index is 0.312. The van der Waals surface area contributed by atoms with Crippen molar-refractivity contribution in [3.8, 4) is 0 Å². The van der Waals surface area contributed by atoms with Crippen LogP contribution in [0.3, 0.4) is 0 Å². The van der Waals surface area contributed by atoms with Gasteiger partial charge in [-0.05, 0) is 31.7 Å². The van der Waals surface area contributed by atoms with E-state index in [2.05, 4.69) is 42.2 Å². The lowest BCUT2D eigenvalue weighted by Gasteiger charge is -2.54. The number of hydrogen-bond acceptors (Lipinski definition) is 3. The molecule has 0 spiro atoms. The Bertz CT molecular complexity index is 630. The van der Waals surface area contributed by atoms with Crippen LogP contribution in [0.25, 0.3) is 0 Å². The van der Waals surface area contributed by atoms with E-state index in [9.17, 15) is 8.42 Å². The van der Waals surface area contributed by atoms with Gasteiger partial charge in [0, 0.05) is 38.1 Å². The molecule has 3 rings (SSSR count). The number of fused-ring (bicyclic) bond motifs is 1. The first kappa shape index (κ1) is 16.9. The molecule has 0 aromatic heterocycles. The number of piperidine rings is 1. The number of sulfonamides is 1. The summed E-state index contributed by atoms with van der Waals surface area (Å²) < 4.78 is 26.4. The summed E-state index contributed by atoms with van der Waals surface area (Å²) in [5.41, 5.74) is 1.38. The molecule has 23 heavy (non-hydrogen) atoms. The van der Waals surface area contributed by atoms with Crippen molar-refractivity contribution in [3.05, 3.63) is 35.9 Å². The fraction of sp³-hybridized carbons (Fsp3) is 0.667. The van der Waals surface area contributed by atoms with E-state index in [0.29, 0.717) is 31.0 Å². The third-order valence-corrected chi connectivity index (χ3v) is 7.67. The Labute approximate surface area is 140 Å². The number of nitrogens with zero attached hydrogens (tertiary/aromatic N) is 2. The highest BCUT2D eigenvalue weighted by atomic mass is 32.2. The van der Waals surface area contributed by atoms with Crippen LogP contribution < -0.4 is 0 Å². The second-order valence-electron chi connectivity index (χ2n) is 7.33. The van der Waals surface area contributed by atoms with Crippen LogP contribution in [-0.2, 0) is 10.0 Å². The molecule has 1 aromatic rings. The Kier molecular flexibility index (Phi) is 4.81. The molecule has 3 atom stereocenters. The lowest BCUT2D eigenvalue weighted by atomic mass is 9.82. The first-order valence-electron chi connectivity index (χ1n) is 8.67. The molecule has 2 aliphatic rings. The largest absolute Gasteiger partial charge is 0.299 e. The maximum Gasteiger partial charge on any atom is 0.216 e. The predicted molar refractivity (Wildman–Crippen MR) is 94.0 cm³/mol. The molecule has 2 fully saturated rings. The van der Waals surface area contributed by atoms with E-state index < -0.39 is 10.0 Å². The normalized spacial score (nSPS) is 27.5. The molecular weight excluding hydrogens is 308 g/mol. The topological polar surface area (TPSA) is 40.6 Å². The molecule has 0 unspecified atom stereocenters. The summed E-state index contributed by atoms with van der Waals surface area (Å²) >= 11 is 0. The molecule has 0 aliphatic carbocycles. The molecule has 1 aromatic carbocycles. The van der Waals surface area contributed by atoms with E-state index in [-0.39, 0.29) is 5.25 Å². The van der Waals surface area contributed by atoms with Gasteiger partial charge < -0.3 is 0 Å². The van der Waals surface area contributed by atoms with Crippen molar-refractivity contribution in [1.29, 1.82) is 0 Å². The summed E-state index contributed by atoms with van der Waals surface area (Å²) in [6.07, 6.45) is 0.970. The van der Waals surface area contributed by atoms with E-state index in [4.69, 9.17) is 0 Å². The van der Waals surface area contributed by atoms with Crippen LogP contribution in [0, 0.1) is 5.92 Å². The van der Waals surface area contributed by atoms with Crippen molar-refractivity contribution in [2.45, 2.75) is 44.4 Å². The molecule has 0 saturated carbocycles. The Hall–Kier alpha value is -0.910. The monoisotopic (exact) mass is 336 g/mol. The molecule has 0 N–H and O–H groups in total. The number of likely N-dealkylation sites (tertiary alicyclic amines) is 1. The van der Waals surface area contributed by atoms with Crippen LogP contribution in [0.4, 0.5) is 0 Å². The SMILES string of the molecule is CC(C)S(=O)(=O)N1CC[C@H]2[C@@H](CN2C[C@@H](C)c2ccccc2)C1. The standard InChI is InChI=1S/C18H28N2O2S/c1-14(2)23(21,22)20-10-9-18-17(13-20)12-19(18)11-15(3)16-7-5-4-6-8-16/h4-8,14-15,17-18H,9-13H2,1-3H3/t15-,17+,18+/m1/s1. The van der Waals surface area contributed by atoms with Gasteiger partial charge in [-0.1, -0.05) is 37.3 Å². The molecule has 0 bridgehead atoms. The fourth-order valence-corrected chi connectivity index (χ4v) is 5.28. The van der Waals surface area contributed by atoms with Crippen molar-refractivity contribution in [3.63, 3.8) is 0 Å². The zero-order valence-corrected chi connectivity index (χ0v) is 15.2. The third kappa shape index (κ3) is 3.32. The highest BCUT2D eigenvalue weighted by Crippen LogP contribution is 2.35. The van der Waals surface area contributed by atoms with Crippen molar-refractivity contribution in [1.82, 2.24) is 9.21 Å². The lowest BCUT2D eigenvalue weighted by Crippen LogP contribution is -2.64. The van der Waals surface area contributed by atoms with E-state index in [1.165, 1.54) is 5.56 Å². The summed E-state index contributed by atoms with van der Waals surface area (Å²) in [6, 6.07) is 11.2. The smallest absolute Gasteiger partial charge is 0.216 e. The van der Waals surface area contributed by atoms with Crippen LogP contribution in [-0.4, -0.2) is 55.1 Å². The summed E-state index contributed by atoms with van der Waals surface area (Å²) in [6.45, 7) is 9.32. The molecule has 0 amide bonds. The van der Waals surface area contributed by atoms with Gasteiger partial charge in [0.05, 0.1) is 5.25 Å². The van der Waals surface area contributed by atoms with Gasteiger partial charge in [-0.15, -0.1) is 0 Å². The van der Waals surface area contributed by atoms with Crippen LogP contribution in [0.5, 0.6) is 0 Å². The Morgan fingerprint density at radius 2 is 1.83 bits per heavy atom. The molecule has 4 nitrogen and oxygen atoms in total. The molecule has 2 aliphatic heterocycles. The Balaban J connectivity index is 1.56. The van der Waals surface area contributed by atoms with Crippen LogP contribution in [0.1, 0.15) is 38.7 Å². The lowest BCUT2D eigenvalue weighted by molar-refractivity contribution is -0.0273. The second-order valence-corrected chi connectivity index (χ2v) is 9.82. The van der Waals surface area contributed by atoms with Crippen LogP contribution in [0.2, 0.25) is 0 Å². The molecule has 5 heteroatoms. The summed E-state index contributed by atoms with van der Waals surface area (Å²) in [4.78, 5) is 2.54. The van der Waals surface area contributed by atoms with Gasteiger partial charge >= 0.3 is 0 Å². The maximum atomic E-state index is 12.3. The van der Waals surface area contributed by atoms with Gasteiger partial charge in [0.15, 0.2) is 0 Å². The zero-order chi connectivity index (χ0) is 16.6. The molecular formula is C18H28N2O2S. The van der Waals surface area contributed by atoms with Crippen LogP contribution in [0.15, 0.2) is 30.3 Å². The zero-order valence-electron chi connectivity index (χ0n) is 14.4. The van der Waals surface area contributed by atoms with Gasteiger partial charge in [-0.25, -0.2) is 12.7 Å². The number of hydrogen-bond donors (Lipinski definition) is 0. The summed E-state index contributed by atoms with van der Waals surface area (Å²) in [7, 11) is -3.09. The first-order chi connectivity index (χ1) is 10.9. The minimum Gasteiger partial charge on any atom is -0.299 e. The highest BCUT2D eigenvalue weighted by molar-refractivity contribution is 7.89. The number of benzene rings is 1. The van der Waals surface area contributed by atoms with E-state index >= 15 is 0 Å². The van der Waals surface area contributed by atoms with E-state index in [0.717, 1.165) is 19.5 Å². The average molecular weight is 337 g/mol. The predicted octanol–water partition coefficient (Wildman–Crippen LogP) is 2.53. The minimum atomic E-state index is -3.09. The van der Waals surface area contributed by atoms with Gasteiger partial charge in [-0.3, -0.25) is 4.90 Å². The van der Waals surface area contributed by atoms with Gasteiger partial charge in [0.2, 0.25) is 10.0 Å². The fourth-order valence-electron chi connectivity index (χ4n) is 3.92. The molecule has 0 radical (unpaired) electrons. The number of rotatable bonds is 5. The van der Waals surface area contributed by atoms with E-state index in [1.54, 1.807) is 18.2 Å². The van der Waals surface area contributed by atoms with Gasteiger partial charge in [0.1, 0.15) is 0 Å². The highest BCUT2D eigenvalue weighted by Gasteiger charge is 2.45. The maximum absolute atomic E-state index is 12.3. The van der Waals surface area contributed by atoms with E-state index in [1.807, 2.05) is 0 Å². The van der Waals surface area contributed by atoms with Gasteiger partial charge in [0.25, 0.3) is 0 Å². The first-order valence-corrected chi connectivity index (χ1v) is 10.2. The summed E-state index contributed by atoms with van der Waals surface area (Å²) in [5.74, 6) is 1.04. The second kappa shape index (κ2) is 6.54. The molecule has 2 saturated heterocycles. The third-order valence-electron chi connectivity index (χ3n) is 5.43. The Morgan fingerprint density at radius 1 is 1.13 bits per heavy atom. The van der Waals surface area contributed by atoms with Crippen molar-refractivity contribution in [2.24, 2.45) is 5.92 Å². The average Bonchev–Trinajstić information content (AvgIpc) is 2.52. The Morgan fingerprint density at radius 3 is 2.43 bits per heavy atom. The van der Waals surface area contributed by atoms with Crippen molar-refractivity contribution >= 4 is 10.0 Å². The van der Waals surface area contributed by atoms with Crippen LogP contribution >= 0.6 is 0 Å². The molecule has 2 heterocycles. The summed E-state index contributed by atoms with van der Waals surface area (Å²) in [5, 5.41) is -0.312. The van der Waals surface area contributed by atoms with Gasteiger partial charge in [-0.2, -0.15) is 0 Å².